The number of hydrogen-bond acceptors (Lipinski definition) is 2. The number of aromatic carboxylic acids is 1. The highest BCUT2D eigenvalue weighted by Crippen LogP contribution is 2.29. The molecule has 0 aliphatic heterocycles. The van der Waals surface area contributed by atoms with Crippen LogP contribution >= 0.6 is 0 Å². The van der Waals surface area contributed by atoms with E-state index >= 15 is 0 Å². The fraction of sp³-hybridized carbons (Fsp3) is 0.455. The van der Waals surface area contributed by atoms with Gasteiger partial charge in [0.15, 0.2) is 0 Å². The number of rotatable bonds is 1. The molecule has 7 heteroatoms. The number of hydrogen-bond donors (Lipinski definition) is 1. The Labute approximate surface area is 101 Å². The van der Waals surface area contributed by atoms with Gasteiger partial charge in [0, 0.05) is 17.2 Å². The molecule has 1 aromatic heterocycles. The average Bonchev–Trinajstić information content (AvgIpc) is 2.12. The van der Waals surface area contributed by atoms with Crippen LogP contribution in [0.15, 0.2) is 16.9 Å². The van der Waals surface area contributed by atoms with Crippen LogP contribution in [0.2, 0.25) is 0 Å². The van der Waals surface area contributed by atoms with E-state index in [2.05, 4.69) is 0 Å². The lowest BCUT2D eigenvalue weighted by Crippen LogP contribution is -2.37. The molecule has 0 aromatic carbocycles. The summed E-state index contributed by atoms with van der Waals surface area (Å²) < 4.78 is 38.0. The van der Waals surface area contributed by atoms with E-state index in [0.29, 0.717) is 6.07 Å². The molecule has 18 heavy (non-hydrogen) atoms. The highest BCUT2D eigenvalue weighted by molar-refractivity contribution is 5.87. The Kier molecular flexibility index (Phi) is 3.29. The predicted molar refractivity (Wildman–Crippen MR) is 57.7 cm³/mol. The van der Waals surface area contributed by atoms with Crippen LogP contribution in [-0.4, -0.2) is 15.6 Å². The van der Waals surface area contributed by atoms with Crippen LogP contribution in [0.4, 0.5) is 13.2 Å². The standard InChI is InChI=1S/C11H12F3NO3/c1-10(2,3)7-4-6(9(17)18)5-8(16)15(7)11(12,13)14/h4-5H,1-3H3,(H,17,18). The summed E-state index contributed by atoms with van der Waals surface area (Å²) in [5, 5.41) is 8.76. The molecule has 0 saturated carbocycles. The highest BCUT2D eigenvalue weighted by atomic mass is 19.4. The molecule has 100 valence electrons. The normalized spacial score (nSPS) is 12.6. The van der Waals surface area contributed by atoms with Crippen LogP contribution in [-0.2, 0) is 11.7 Å². The Bertz CT molecular complexity index is 538. The molecule has 0 spiro atoms. The zero-order valence-electron chi connectivity index (χ0n) is 10.00. The summed E-state index contributed by atoms with van der Waals surface area (Å²) >= 11 is 0. The van der Waals surface area contributed by atoms with Crippen molar-refractivity contribution in [1.29, 1.82) is 0 Å². The van der Waals surface area contributed by atoms with E-state index in [4.69, 9.17) is 5.11 Å². The number of pyridine rings is 1. The zero-order chi connectivity index (χ0) is 14.3. The lowest BCUT2D eigenvalue weighted by atomic mass is 9.90. The number of carboxylic acids is 1. The number of nitrogens with zero attached hydrogens (tertiary/aromatic N) is 1. The van der Waals surface area contributed by atoms with Crippen LogP contribution < -0.4 is 5.56 Å². The fourth-order valence-electron chi connectivity index (χ4n) is 1.51. The molecule has 0 radical (unpaired) electrons. The first-order valence-electron chi connectivity index (χ1n) is 5.02. The minimum atomic E-state index is -4.88. The summed E-state index contributed by atoms with van der Waals surface area (Å²) in [7, 11) is 0. The largest absolute Gasteiger partial charge is 0.491 e. The van der Waals surface area contributed by atoms with Gasteiger partial charge in [0.2, 0.25) is 0 Å². The maximum atomic E-state index is 12.8. The minimum Gasteiger partial charge on any atom is -0.478 e. The molecule has 0 atom stereocenters. The van der Waals surface area contributed by atoms with Gasteiger partial charge >= 0.3 is 12.3 Å². The maximum absolute atomic E-state index is 12.8. The monoisotopic (exact) mass is 263 g/mol. The molecule has 1 aromatic rings. The first-order chi connectivity index (χ1) is 7.94. The van der Waals surface area contributed by atoms with Crippen molar-refractivity contribution in [2.45, 2.75) is 32.5 Å². The number of carboxylic acid groups (broad SMARTS) is 1. The van der Waals surface area contributed by atoms with Crippen molar-refractivity contribution < 1.29 is 23.1 Å². The molecule has 1 N–H and O–H groups in total. The third kappa shape index (κ3) is 2.72. The molecule has 0 saturated heterocycles. The Hall–Kier alpha value is -1.79. The van der Waals surface area contributed by atoms with Crippen molar-refractivity contribution >= 4 is 5.97 Å². The van der Waals surface area contributed by atoms with Crippen molar-refractivity contribution in [2.24, 2.45) is 0 Å². The summed E-state index contributed by atoms with van der Waals surface area (Å²) in [6.45, 7) is 4.40. The van der Waals surface area contributed by atoms with Crippen molar-refractivity contribution in [3.8, 4) is 0 Å². The van der Waals surface area contributed by atoms with E-state index in [1.165, 1.54) is 20.8 Å². The fourth-order valence-corrected chi connectivity index (χ4v) is 1.51. The molecule has 0 aliphatic carbocycles. The Morgan fingerprint density at radius 3 is 2.06 bits per heavy atom. The Morgan fingerprint density at radius 1 is 1.22 bits per heavy atom. The summed E-state index contributed by atoms with van der Waals surface area (Å²) in [6.07, 6.45) is -4.88. The SMILES string of the molecule is CC(C)(C)c1cc(C(=O)O)cc(=O)n1C(F)(F)F. The van der Waals surface area contributed by atoms with Gasteiger partial charge in [-0.2, -0.15) is 0 Å². The van der Waals surface area contributed by atoms with Gasteiger partial charge in [-0.05, 0) is 6.07 Å². The maximum Gasteiger partial charge on any atom is 0.491 e. The van der Waals surface area contributed by atoms with E-state index in [-0.39, 0.29) is 10.3 Å². The van der Waals surface area contributed by atoms with Gasteiger partial charge in [-0.25, -0.2) is 9.36 Å². The van der Waals surface area contributed by atoms with Crippen molar-refractivity contribution in [1.82, 2.24) is 4.57 Å². The van der Waals surface area contributed by atoms with Gasteiger partial charge in [0.05, 0.1) is 5.56 Å². The molecule has 0 amide bonds. The van der Waals surface area contributed by atoms with Crippen LogP contribution in [0.1, 0.15) is 36.8 Å². The quantitative estimate of drug-likeness (QED) is 0.845. The third-order valence-corrected chi connectivity index (χ3v) is 2.30. The van der Waals surface area contributed by atoms with Crippen LogP contribution in [0, 0.1) is 0 Å². The zero-order valence-corrected chi connectivity index (χ0v) is 10.00. The molecule has 1 rings (SSSR count). The van der Waals surface area contributed by atoms with Crippen molar-refractivity contribution in [2.75, 3.05) is 0 Å². The second-order valence-corrected chi connectivity index (χ2v) is 4.83. The number of alkyl halides is 3. The highest BCUT2D eigenvalue weighted by Gasteiger charge is 2.37. The number of aromatic nitrogens is 1. The van der Waals surface area contributed by atoms with E-state index < -0.39 is 28.8 Å². The summed E-state index contributed by atoms with van der Waals surface area (Å²) in [4.78, 5) is 22.2. The molecular formula is C11H12F3NO3. The molecular weight excluding hydrogens is 251 g/mol. The van der Waals surface area contributed by atoms with Gasteiger partial charge < -0.3 is 5.11 Å². The molecule has 0 fully saturated rings. The van der Waals surface area contributed by atoms with Crippen molar-refractivity contribution in [3.05, 3.63) is 33.7 Å². The number of carbonyl (C=O) groups is 1. The molecule has 0 bridgehead atoms. The third-order valence-electron chi connectivity index (χ3n) is 2.30. The lowest BCUT2D eigenvalue weighted by Gasteiger charge is -2.25. The van der Waals surface area contributed by atoms with Crippen LogP contribution in [0.5, 0.6) is 0 Å². The summed E-state index contributed by atoms with van der Waals surface area (Å²) in [5.41, 5.74) is -3.25. The molecule has 0 aliphatic rings. The van der Waals surface area contributed by atoms with Gasteiger partial charge in [0.1, 0.15) is 0 Å². The van der Waals surface area contributed by atoms with E-state index in [9.17, 15) is 22.8 Å². The average molecular weight is 263 g/mol. The molecule has 1 heterocycles. The molecule has 0 unspecified atom stereocenters. The Balaban J connectivity index is 3.73. The molecule has 4 nitrogen and oxygen atoms in total. The topological polar surface area (TPSA) is 59.3 Å². The van der Waals surface area contributed by atoms with Gasteiger partial charge in [0.25, 0.3) is 5.56 Å². The van der Waals surface area contributed by atoms with Gasteiger partial charge in [-0.3, -0.25) is 4.79 Å². The smallest absolute Gasteiger partial charge is 0.478 e. The predicted octanol–water partition coefficient (Wildman–Crippen LogP) is 2.32. The van der Waals surface area contributed by atoms with Crippen LogP contribution in [0.3, 0.4) is 0 Å². The second kappa shape index (κ2) is 4.15. The lowest BCUT2D eigenvalue weighted by molar-refractivity contribution is -0.208. The number of halogens is 3. The van der Waals surface area contributed by atoms with E-state index in [0.717, 1.165) is 6.07 Å². The van der Waals surface area contributed by atoms with Crippen molar-refractivity contribution in [3.63, 3.8) is 0 Å². The van der Waals surface area contributed by atoms with E-state index in [1.807, 2.05) is 0 Å². The Morgan fingerprint density at radius 2 is 1.72 bits per heavy atom. The van der Waals surface area contributed by atoms with Gasteiger partial charge in [-0.1, -0.05) is 20.8 Å². The van der Waals surface area contributed by atoms with Gasteiger partial charge in [-0.15, -0.1) is 13.2 Å². The first kappa shape index (κ1) is 14.3. The van der Waals surface area contributed by atoms with E-state index in [1.54, 1.807) is 0 Å². The summed E-state index contributed by atoms with van der Waals surface area (Å²) in [5.74, 6) is -1.44. The first-order valence-corrected chi connectivity index (χ1v) is 5.02. The minimum absolute atomic E-state index is 0.334. The second-order valence-electron chi connectivity index (χ2n) is 4.83. The summed E-state index contributed by atoms with van der Waals surface area (Å²) in [6, 6.07) is 1.34. The van der Waals surface area contributed by atoms with Crippen LogP contribution in [0.25, 0.3) is 0 Å².